The molecule has 4 rings (SSSR count). The van der Waals surface area contributed by atoms with Crippen LogP contribution in [0.2, 0.25) is 10.0 Å². The molecule has 0 radical (unpaired) electrons. The van der Waals surface area contributed by atoms with Gasteiger partial charge in [-0.2, -0.15) is 4.31 Å². The maximum atomic E-state index is 13.0. The van der Waals surface area contributed by atoms with E-state index in [-0.39, 0.29) is 33.9 Å². The zero-order chi connectivity index (χ0) is 21.6. The number of hydrogen-bond donors (Lipinski definition) is 1. The van der Waals surface area contributed by atoms with Gasteiger partial charge in [0.25, 0.3) is 5.91 Å². The highest BCUT2D eigenvalue weighted by Gasteiger charge is 2.32. The lowest BCUT2D eigenvalue weighted by Gasteiger charge is -2.34. The fraction of sp³-hybridized carbons (Fsp3) is 0.286. The molecular formula is C21H21Cl2N3O3S. The van der Waals surface area contributed by atoms with E-state index in [9.17, 15) is 13.2 Å². The number of sulfonamides is 1. The van der Waals surface area contributed by atoms with E-state index in [4.69, 9.17) is 23.2 Å². The first-order valence-corrected chi connectivity index (χ1v) is 11.7. The van der Waals surface area contributed by atoms with Crippen LogP contribution < -0.4 is 0 Å². The minimum absolute atomic E-state index is 0.0152. The van der Waals surface area contributed by atoms with Crippen molar-refractivity contribution in [3.8, 4) is 0 Å². The van der Waals surface area contributed by atoms with Crippen molar-refractivity contribution >= 4 is 50.0 Å². The minimum atomic E-state index is -3.79. The van der Waals surface area contributed by atoms with E-state index < -0.39 is 10.0 Å². The number of rotatable bonds is 3. The lowest BCUT2D eigenvalue weighted by Crippen LogP contribution is -2.50. The van der Waals surface area contributed by atoms with Gasteiger partial charge in [0.1, 0.15) is 10.6 Å². The summed E-state index contributed by atoms with van der Waals surface area (Å²) in [4.78, 5) is 17.8. The molecule has 0 unspecified atom stereocenters. The summed E-state index contributed by atoms with van der Waals surface area (Å²) in [5.41, 5.74) is 3.66. The fourth-order valence-corrected chi connectivity index (χ4v) is 6.00. The number of piperazine rings is 1. The molecule has 0 saturated carbocycles. The molecule has 6 nitrogen and oxygen atoms in total. The molecule has 1 saturated heterocycles. The molecule has 0 bridgehead atoms. The van der Waals surface area contributed by atoms with Crippen molar-refractivity contribution in [2.75, 3.05) is 26.2 Å². The number of halogens is 2. The van der Waals surface area contributed by atoms with Crippen molar-refractivity contribution in [3.05, 3.63) is 63.3 Å². The highest BCUT2D eigenvalue weighted by molar-refractivity contribution is 7.89. The number of amides is 1. The second-order valence-corrected chi connectivity index (χ2v) is 10.2. The summed E-state index contributed by atoms with van der Waals surface area (Å²) in [6.45, 7) is 5.00. The van der Waals surface area contributed by atoms with Crippen molar-refractivity contribution in [1.82, 2.24) is 14.2 Å². The molecule has 1 aliphatic rings. The predicted molar refractivity (Wildman–Crippen MR) is 119 cm³/mol. The minimum Gasteiger partial charge on any atom is -0.351 e. The zero-order valence-electron chi connectivity index (χ0n) is 16.6. The molecule has 3 aromatic rings. The van der Waals surface area contributed by atoms with E-state index >= 15 is 0 Å². The van der Waals surface area contributed by atoms with E-state index in [0.29, 0.717) is 18.8 Å². The molecule has 0 aliphatic carbocycles. The van der Waals surface area contributed by atoms with E-state index in [1.54, 1.807) is 17.0 Å². The van der Waals surface area contributed by atoms with Gasteiger partial charge in [-0.25, -0.2) is 8.42 Å². The lowest BCUT2D eigenvalue weighted by atomic mass is 10.1. The summed E-state index contributed by atoms with van der Waals surface area (Å²) in [5.74, 6) is -0.138. The van der Waals surface area contributed by atoms with E-state index in [2.05, 4.69) is 11.1 Å². The summed E-state index contributed by atoms with van der Waals surface area (Å²) in [7, 11) is -3.79. The average Bonchev–Trinajstić information content (AvgIpc) is 3.14. The Balaban J connectivity index is 1.51. The van der Waals surface area contributed by atoms with E-state index in [1.165, 1.54) is 10.4 Å². The highest BCUT2D eigenvalue weighted by Crippen LogP contribution is 2.31. The Bertz CT molecular complexity index is 1250. The number of carbonyl (C=O) groups is 1. The molecule has 1 amide bonds. The summed E-state index contributed by atoms with van der Waals surface area (Å²) in [6.07, 6.45) is 0. The van der Waals surface area contributed by atoms with Crippen molar-refractivity contribution in [3.63, 3.8) is 0 Å². The Morgan fingerprint density at radius 1 is 1.03 bits per heavy atom. The number of aromatic amines is 1. The Morgan fingerprint density at radius 2 is 1.73 bits per heavy atom. The van der Waals surface area contributed by atoms with Gasteiger partial charge in [0.15, 0.2) is 0 Å². The van der Waals surface area contributed by atoms with Gasteiger partial charge in [-0.05, 0) is 49.2 Å². The van der Waals surface area contributed by atoms with Crippen LogP contribution >= 0.6 is 23.2 Å². The van der Waals surface area contributed by atoms with Crippen LogP contribution in [-0.2, 0) is 10.0 Å². The Kier molecular flexibility index (Phi) is 5.57. The van der Waals surface area contributed by atoms with Gasteiger partial charge in [0.05, 0.1) is 10.0 Å². The van der Waals surface area contributed by atoms with Crippen molar-refractivity contribution < 1.29 is 13.2 Å². The van der Waals surface area contributed by atoms with Crippen LogP contribution in [0.3, 0.4) is 0 Å². The first-order valence-electron chi connectivity index (χ1n) is 9.52. The number of nitrogens with one attached hydrogen (secondary N) is 1. The van der Waals surface area contributed by atoms with Gasteiger partial charge in [-0.3, -0.25) is 4.79 Å². The number of carbonyl (C=O) groups excluding carboxylic acids is 1. The van der Waals surface area contributed by atoms with Gasteiger partial charge in [0, 0.05) is 37.1 Å². The predicted octanol–water partition coefficient (Wildman–Crippen LogP) is 4.24. The van der Waals surface area contributed by atoms with Gasteiger partial charge in [0.2, 0.25) is 10.0 Å². The Labute approximate surface area is 185 Å². The van der Waals surface area contributed by atoms with Gasteiger partial charge >= 0.3 is 0 Å². The van der Waals surface area contributed by atoms with Gasteiger partial charge in [-0.15, -0.1) is 0 Å². The second kappa shape index (κ2) is 7.89. The van der Waals surface area contributed by atoms with Crippen LogP contribution in [0.5, 0.6) is 0 Å². The smallest absolute Gasteiger partial charge is 0.270 e. The largest absolute Gasteiger partial charge is 0.351 e. The first kappa shape index (κ1) is 21.2. The number of aryl methyl sites for hydroxylation is 2. The molecule has 2 aromatic carbocycles. The van der Waals surface area contributed by atoms with E-state index in [0.717, 1.165) is 22.0 Å². The molecule has 1 N–H and O–H groups in total. The maximum Gasteiger partial charge on any atom is 0.270 e. The topological polar surface area (TPSA) is 73.5 Å². The number of H-pyrrole nitrogens is 1. The summed E-state index contributed by atoms with van der Waals surface area (Å²) >= 11 is 12.1. The monoisotopic (exact) mass is 465 g/mol. The summed E-state index contributed by atoms with van der Waals surface area (Å²) in [6, 6.07) is 10.5. The van der Waals surface area contributed by atoms with Crippen molar-refractivity contribution in [2.45, 2.75) is 18.7 Å². The van der Waals surface area contributed by atoms with Gasteiger partial charge in [-0.1, -0.05) is 35.3 Å². The van der Waals surface area contributed by atoms with Crippen molar-refractivity contribution in [1.29, 1.82) is 0 Å². The van der Waals surface area contributed by atoms with Crippen LogP contribution in [0.25, 0.3) is 10.9 Å². The third kappa shape index (κ3) is 3.71. The summed E-state index contributed by atoms with van der Waals surface area (Å²) in [5, 5.41) is 1.22. The molecule has 1 aliphatic heterocycles. The number of benzene rings is 2. The van der Waals surface area contributed by atoms with Gasteiger partial charge < -0.3 is 9.88 Å². The number of hydrogen-bond acceptors (Lipinski definition) is 3. The number of nitrogens with zero attached hydrogens (tertiary/aromatic N) is 2. The lowest BCUT2D eigenvalue weighted by molar-refractivity contribution is 0.0693. The second-order valence-electron chi connectivity index (χ2n) is 7.47. The molecular weight excluding hydrogens is 445 g/mol. The fourth-order valence-electron chi connectivity index (χ4n) is 3.84. The standard InChI is InChI=1S/C21H21Cl2N3O3S/c1-13-10-14(2)15-12-18(24-17(15)11-13)21(27)25-6-8-26(9-7-25)30(28,29)19-5-3-4-16(22)20(19)23/h3-5,10-12,24H,6-9H2,1-2H3. The molecule has 0 atom stereocenters. The Hall–Kier alpha value is -2.06. The molecule has 30 heavy (non-hydrogen) atoms. The maximum absolute atomic E-state index is 13.0. The third-order valence-corrected chi connectivity index (χ3v) is 8.25. The average molecular weight is 466 g/mol. The van der Waals surface area contributed by atoms with Crippen molar-refractivity contribution in [2.24, 2.45) is 0 Å². The number of aromatic nitrogens is 1. The van der Waals surface area contributed by atoms with Crippen LogP contribution in [0.15, 0.2) is 41.3 Å². The molecule has 1 fully saturated rings. The van der Waals surface area contributed by atoms with Crippen LogP contribution in [0.1, 0.15) is 21.6 Å². The SMILES string of the molecule is Cc1cc(C)c2cc(C(=O)N3CCN(S(=O)(=O)c4cccc(Cl)c4Cl)CC3)[nH]c2c1. The molecule has 0 spiro atoms. The summed E-state index contributed by atoms with van der Waals surface area (Å²) < 4.78 is 27.3. The van der Waals surface area contributed by atoms with Crippen LogP contribution in [0.4, 0.5) is 0 Å². The number of fused-ring (bicyclic) bond motifs is 1. The molecule has 9 heteroatoms. The molecule has 158 valence electrons. The molecule has 1 aromatic heterocycles. The normalized spacial score (nSPS) is 15.7. The quantitative estimate of drug-likeness (QED) is 0.628. The van der Waals surface area contributed by atoms with E-state index in [1.807, 2.05) is 26.0 Å². The third-order valence-electron chi connectivity index (χ3n) is 5.38. The molecule has 2 heterocycles. The highest BCUT2D eigenvalue weighted by atomic mass is 35.5. The van der Waals surface area contributed by atoms with Crippen LogP contribution in [0, 0.1) is 13.8 Å². The van der Waals surface area contributed by atoms with Crippen LogP contribution in [-0.4, -0.2) is 54.7 Å². The zero-order valence-corrected chi connectivity index (χ0v) is 18.9. The first-order chi connectivity index (χ1) is 14.2. The Morgan fingerprint density at radius 3 is 2.43 bits per heavy atom.